The highest BCUT2D eigenvalue weighted by molar-refractivity contribution is 4.81. The van der Waals surface area contributed by atoms with Crippen LogP contribution < -0.4 is 5.32 Å². The first-order valence-corrected chi connectivity index (χ1v) is 7.70. The third-order valence-corrected chi connectivity index (χ3v) is 4.53. The number of rotatable bonds is 7. The lowest BCUT2D eigenvalue weighted by Crippen LogP contribution is -2.45. The molecule has 1 saturated carbocycles. The van der Waals surface area contributed by atoms with Crippen molar-refractivity contribution in [1.29, 1.82) is 0 Å². The maximum atomic E-state index is 3.39. The Bertz CT molecular complexity index is 205. The number of hydrogen-bond acceptors (Lipinski definition) is 2. The smallest absolute Gasteiger partial charge is 0.00952 e. The van der Waals surface area contributed by atoms with Gasteiger partial charge in [0.15, 0.2) is 0 Å². The van der Waals surface area contributed by atoms with Crippen LogP contribution in [0.5, 0.6) is 0 Å². The zero-order chi connectivity index (χ0) is 12.1. The Hall–Kier alpha value is -0.0800. The first kappa shape index (κ1) is 13.4. The molecule has 2 rings (SSSR count). The van der Waals surface area contributed by atoms with Gasteiger partial charge in [-0.15, -0.1) is 0 Å². The van der Waals surface area contributed by atoms with Gasteiger partial charge in [-0.2, -0.15) is 0 Å². The second-order valence-electron chi connectivity index (χ2n) is 6.47. The quantitative estimate of drug-likeness (QED) is 0.733. The van der Waals surface area contributed by atoms with Crippen LogP contribution in [0.25, 0.3) is 0 Å². The summed E-state index contributed by atoms with van der Waals surface area (Å²) in [5, 5.41) is 3.39. The van der Waals surface area contributed by atoms with Crippen molar-refractivity contribution in [1.82, 2.24) is 10.2 Å². The first-order chi connectivity index (χ1) is 8.25. The molecule has 1 saturated heterocycles. The van der Waals surface area contributed by atoms with Crippen LogP contribution in [0.4, 0.5) is 0 Å². The molecule has 1 heterocycles. The molecule has 1 aliphatic heterocycles. The van der Waals surface area contributed by atoms with Gasteiger partial charge in [0, 0.05) is 6.04 Å². The zero-order valence-corrected chi connectivity index (χ0v) is 11.8. The van der Waals surface area contributed by atoms with E-state index in [9.17, 15) is 0 Å². The maximum Gasteiger partial charge on any atom is 0.00952 e. The van der Waals surface area contributed by atoms with Gasteiger partial charge < -0.3 is 10.2 Å². The van der Waals surface area contributed by atoms with Gasteiger partial charge in [0.25, 0.3) is 0 Å². The Morgan fingerprint density at radius 1 is 1.12 bits per heavy atom. The summed E-state index contributed by atoms with van der Waals surface area (Å²) >= 11 is 0. The van der Waals surface area contributed by atoms with Crippen molar-refractivity contribution in [2.24, 2.45) is 11.8 Å². The molecule has 0 aromatic carbocycles. The Kier molecular flexibility index (Phi) is 5.30. The van der Waals surface area contributed by atoms with E-state index in [1.807, 2.05) is 0 Å². The summed E-state index contributed by atoms with van der Waals surface area (Å²) in [6.07, 6.45) is 8.64. The molecule has 0 amide bonds. The average Bonchev–Trinajstić information content (AvgIpc) is 2.73. The summed E-state index contributed by atoms with van der Waals surface area (Å²) in [5.41, 5.74) is 0. The maximum absolute atomic E-state index is 3.39. The van der Waals surface area contributed by atoms with Crippen molar-refractivity contribution >= 4 is 0 Å². The van der Waals surface area contributed by atoms with Gasteiger partial charge in [-0.3, -0.25) is 0 Å². The van der Waals surface area contributed by atoms with E-state index >= 15 is 0 Å². The summed E-state index contributed by atoms with van der Waals surface area (Å²) in [4.78, 5) is 2.81. The van der Waals surface area contributed by atoms with E-state index in [-0.39, 0.29) is 0 Å². The fraction of sp³-hybridized carbons (Fsp3) is 1.00. The van der Waals surface area contributed by atoms with Gasteiger partial charge in [-0.05, 0) is 63.7 Å². The summed E-state index contributed by atoms with van der Waals surface area (Å²) in [7, 11) is 0. The average molecular weight is 238 g/mol. The fourth-order valence-corrected chi connectivity index (χ4v) is 3.07. The van der Waals surface area contributed by atoms with E-state index in [0.29, 0.717) is 0 Å². The summed E-state index contributed by atoms with van der Waals surface area (Å²) in [6, 6.07) is 0.918. The highest BCUT2D eigenvalue weighted by Gasteiger charge is 2.24. The van der Waals surface area contributed by atoms with Crippen LogP contribution in [0.15, 0.2) is 0 Å². The molecule has 2 aliphatic rings. The van der Waals surface area contributed by atoms with E-state index in [1.54, 1.807) is 0 Å². The van der Waals surface area contributed by atoms with Gasteiger partial charge >= 0.3 is 0 Å². The third-order valence-electron chi connectivity index (χ3n) is 4.53. The lowest BCUT2D eigenvalue weighted by Gasteiger charge is -2.33. The molecule has 0 bridgehead atoms. The second-order valence-corrected chi connectivity index (χ2v) is 6.47. The van der Waals surface area contributed by atoms with Crippen LogP contribution in [0, 0.1) is 11.8 Å². The third kappa shape index (κ3) is 4.26. The predicted octanol–water partition coefficient (Wildman–Crippen LogP) is 2.89. The van der Waals surface area contributed by atoms with E-state index in [1.165, 1.54) is 64.7 Å². The minimum absolute atomic E-state index is 0.851. The Morgan fingerprint density at radius 2 is 1.82 bits per heavy atom. The van der Waals surface area contributed by atoms with Crippen LogP contribution >= 0.6 is 0 Å². The minimum Gasteiger partial charge on any atom is -0.316 e. The van der Waals surface area contributed by atoms with Crippen molar-refractivity contribution in [3.8, 4) is 0 Å². The molecule has 0 radical (unpaired) electrons. The molecule has 0 unspecified atom stereocenters. The van der Waals surface area contributed by atoms with Gasteiger partial charge in [0.1, 0.15) is 0 Å². The van der Waals surface area contributed by atoms with Gasteiger partial charge in [0.2, 0.25) is 0 Å². The molecule has 0 aromatic rings. The van der Waals surface area contributed by atoms with Crippen LogP contribution in [-0.4, -0.2) is 37.1 Å². The van der Waals surface area contributed by atoms with Crippen molar-refractivity contribution < 1.29 is 0 Å². The lowest BCUT2D eigenvalue weighted by molar-refractivity contribution is 0.164. The van der Waals surface area contributed by atoms with E-state index < -0.39 is 0 Å². The molecule has 100 valence electrons. The van der Waals surface area contributed by atoms with Crippen LogP contribution in [0.1, 0.15) is 52.4 Å². The standard InChI is InChI=1S/C15H30N2/c1-13(2)7-9-17(15-5-3-4-6-15)10-8-14-11-16-12-14/h13-16H,3-12H2,1-2H3. The van der Waals surface area contributed by atoms with Crippen molar-refractivity contribution in [2.45, 2.75) is 58.4 Å². The molecular weight excluding hydrogens is 208 g/mol. The SMILES string of the molecule is CC(C)CCN(CCC1CNC1)C1CCCC1. The van der Waals surface area contributed by atoms with E-state index in [0.717, 1.165) is 17.9 Å². The number of nitrogens with one attached hydrogen (secondary N) is 1. The molecule has 2 heteroatoms. The summed E-state index contributed by atoms with van der Waals surface area (Å²) in [5.74, 6) is 1.82. The molecule has 0 aromatic heterocycles. The normalized spacial score (nSPS) is 22.6. The van der Waals surface area contributed by atoms with Crippen molar-refractivity contribution in [3.05, 3.63) is 0 Å². The van der Waals surface area contributed by atoms with Gasteiger partial charge in [0.05, 0.1) is 0 Å². The van der Waals surface area contributed by atoms with E-state index in [2.05, 4.69) is 24.1 Å². The lowest BCUT2D eigenvalue weighted by atomic mass is 9.98. The van der Waals surface area contributed by atoms with Crippen LogP contribution in [0.3, 0.4) is 0 Å². The van der Waals surface area contributed by atoms with Crippen molar-refractivity contribution in [2.75, 3.05) is 26.2 Å². The monoisotopic (exact) mass is 238 g/mol. The van der Waals surface area contributed by atoms with E-state index in [4.69, 9.17) is 0 Å². The first-order valence-electron chi connectivity index (χ1n) is 7.70. The fourth-order valence-electron chi connectivity index (χ4n) is 3.07. The predicted molar refractivity (Wildman–Crippen MR) is 74.3 cm³/mol. The topological polar surface area (TPSA) is 15.3 Å². The second kappa shape index (κ2) is 6.75. The highest BCUT2D eigenvalue weighted by atomic mass is 15.2. The number of hydrogen-bond donors (Lipinski definition) is 1. The molecule has 17 heavy (non-hydrogen) atoms. The van der Waals surface area contributed by atoms with Crippen LogP contribution in [0.2, 0.25) is 0 Å². The largest absolute Gasteiger partial charge is 0.316 e. The summed E-state index contributed by atoms with van der Waals surface area (Å²) in [6.45, 7) is 9.92. The Morgan fingerprint density at radius 3 is 2.35 bits per heavy atom. The van der Waals surface area contributed by atoms with Gasteiger partial charge in [-0.25, -0.2) is 0 Å². The molecular formula is C15H30N2. The van der Waals surface area contributed by atoms with Gasteiger partial charge in [-0.1, -0.05) is 26.7 Å². The molecule has 1 aliphatic carbocycles. The zero-order valence-electron chi connectivity index (χ0n) is 11.8. The molecule has 0 spiro atoms. The Balaban J connectivity index is 1.73. The molecule has 2 fully saturated rings. The van der Waals surface area contributed by atoms with Crippen LogP contribution in [-0.2, 0) is 0 Å². The minimum atomic E-state index is 0.851. The summed E-state index contributed by atoms with van der Waals surface area (Å²) < 4.78 is 0. The Labute approximate surface area is 107 Å². The number of nitrogens with zero attached hydrogens (tertiary/aromatic N) is 1. The highest BCUT2D eigenvalue weighted by Crippen LogP contribution is 2.25. The molecule has 0 atom stereocenters. The molecule has 1 N–H and O–H groups in total. The van der Waals surface area contributed by atoms with Crippen molar-refractivity contribution in [3.63, 3.8) is 0 Å². The molecule has 2 nitrogen and oxygen atoms in total.